The molecular formula is C13H18N2O3. The highest BCUT2D eigenvalue weighted by Gasteiger charge is 2.22. The van der Waals surface area contributed by atoms with Crippen LogP contribution in [0.1, 0.15) is 12.5 Å². The number of aliphatic carboxylic acids is 1. The predicted molar refractivity (Wildman–Crippen MR) is 68.2 cm³/mol. The average molecular weight is 250 g/mol. The lowest BCUT2D eigenvalue weighted by atomic mass is 10.1. The molecule has 0 spiro atoms. The van der Waals surface area contributed by atoms with Crippen molar-refractivity contribution in [3.63, 3.8) is 0 Å². The molecule has 0 radical (unpaired) electrons. The van der Waals surface area contributed by atoms with Crippen LogP contribution in [0.15, 0.2) is 30.3 Å². The van der Waals surface area contributed by atoms with Crippen molar-refractivity contribution in [2.45, 2.75) is 25.4 Å². The van der Waals surface area contributed by atoms with E-state index in [1.54, 1.807) is 14.0 Å². The van der Waals surface area contributed by atoms with E-state index >= 15 is 0 Å². The minimum absolute atomic E-state index is 0.276. The molecule has 5 nitrogen and oxygen atoms in total. The van der Waals surface area contributed by atoms with E-state index in [1.807, 2.05) is 30.3 Å². The van der Waals surface area contributed by atoms with E-state index in [0.717, 1.165) is 5.56 Å². The third kappa shape index (κ3) is 4.18. The standard InChI is InChI=1S/C13H18N2O3/c1-9(14-2)12(16)15-11(13(17)18)8-10-6-4-3-5-7-10/h3-7,9,11,14H,8H2,1-2H3,(H,15,16)(H,17,18)/t9?,11-/m1/s1. The first-order valence-corrected chi connectivity index (χ1v) is 5.79. The smallest absolute Gasteiger partial charge is 0.326 e. The highest BCUT2D eigenvalue weighted by Crippen LogP contribution is 2.03. The maximum atomic E-state index is 11.6. The van der Waals surface area contributed by atoms with E-state index in [-0.39, 0.29) is 12.3 Å². The summed E-state index contributed by atoms with van der Waals surface area (Å²) in [5.41, 5.74) is 0.877. The molecule has 1 amide bonds. The van der Waals surface area contributed by atoms with E-state index in [9.17, 15) is 9.59 Å². The number of nitrogens with one attached hydrogen (secondary N) is 2. The van der Waals surface area contributed by atoms with Gasteiger partial charge < -0.3 is 15.7 Å². The van der Waals surface area contributed by atoms with Crippen LogP contribution in [-0.4, -0.2) is 36.1 Å². The molecule has 1 rings (SSSR count). The van der Waals surface area contributed by atoms with E-state index in [1.165, 1.54) is 0 Å². The fraction of sp³-hybridized carbons (Fsp3) is 0.385. The third-order valence-electron chi connectivity index (χ3n) is 2.72. The number of carbonyl (C=O) groups is 2. The van der Waals surface area contributed by atoms with Gasteiger partial charge in [-0.15, -0.1) is 0 Å². The molecule has 5 heteroatoms. The molecule has 1 aromatic rings. The Labute approximate surface area is 106 Å². The van der Waals surface area contributed by atoms with Gasteiger partial charge in [0.15, 0.2) is 0 Å². The van der Waals surface area contributed by atoms with Crippen molar-refractivity contribution in [3.05, 3.63) is 35.9 Å². The molecule has 3 N–H and O–H groups in total. The Morgan fingerprint density at radius 1 is 1.28 bits per heavy atom. The number of amides is 1. The van der Waals surface area contributed by atoms with Gasteiger partial charge in [-0.2, -0.15) is 0 Å². The molecular weight excluding hydrogens is 232 g/mol. The number of likely N-dealkylation sites (N-methyl/N-ethyl adjacent to an activating group) is 1. The van der Waals surface area contributed by atoms with E-state index in [0.29, 0.717) is 0 Å². The largest absolute Gasteiger partial charge is 0.480 e. The number of hydrogen-bond acceptors (Lipinski definition) is 3. The summed E-state index contributed by atoms with van der Waals surface area (Å²) in [6.07, 6.45) is 0.276. The molecule has 2 atom stereocenters. The van der Waals surface area contributed by atoms with Crippen molar-refractivity contribution in [2.75, 3.05) is 7.05 Å². The summed E-state index contributed by atoms with van der Waals surface area (Å²) >= 11 is 0. The normalized spacial score (nSPS) is 13.7. The Balaban J connectivity index is 2.67. The fourth-order valence-electron chi connectivity index (χ4n) is 1.48. The summed E-state index contributed by atoms with van der Waals surface area (Å²) in [6, 6.07) is 7.89. The zero-order valence-electron chi connectivity index (χ0n) is 10.5. The second-order valence-electron chi connectivity index (χ2n) is 4.10. The van der Waals surface area contributed by atoms with E-state index in [4.69, 9.17) is 5.11 Å². The van der Waals surface area contributed by atoms with Crippen LogP contribution in [0.25, 0.3) is 0 Å². The van der Waals surface area contributed by atoms with Crippen LogP contribution in [0.2, 0.25) is 0 Å². The number of carboxylic acids is 1. The van der Waals surface area contributed by atoms with Crippen molar-refractivity contribution in [1.82, 2.24) is 10.6 Å². The number of hydrogen-bond donors (Lipinski definition) is 3. The minimum atomic E-state index is -1.03. The molecule has 0 fully saturated rings. The van der Waals surface area contributed by atoms with Gasteiger partial charge in [-0.3, -0.25) is 4.79 Å². The Hall–Kier alpha value is -1.88. The monoisotopic (exact) mass is 250 g/mol. The second-order valence-corrected chi connectivity index (χ2v) is 4.10. The topological polar surface area (TPSA) is 78.4 Å². The van der Waals surface area contributed by atoms with Crippen LogP contribution in [0.3, 0.4) is 0 Å². The van der Waals surface area contributed by atoms with Gasteiger partial charge in [0, 0.05) is 6.42 Å². The highest BCUT2D eigenvalue weighted by molar-refractivity contribution is 5.86. The summed E-state index contributed by atoms with van der Waals surface area (Å²) in [4.78, 5) is 22.8. The lowest BCUT2D eigenvalue weighted by Crippen LogP contribution is -2.49. The number of carbonyl (C=O) groups excluding carboxylic acids is 1. The molecule has 0 aliphatic carbocycles. The first-order valence-electron chi connectivity index (χ1n) is 5.79. The molecule has 98 valence electrons. The van der Waals surface area contributed by atoms with Crippen molar-refractivity contribution in [1.29, 1.82) is 0 Å². The molecule has 18 heavy (non-hydrogen) atoms. The molecule has 1 unspecified atom stereocenters. The summed E-state index contributed by atoms with van der Waals surface area (Å²) < 4.78 is 0. The SMILES string of the molecule is CNC(C)C(=O)N[C@H](Cc1ccccc1)C(=O)O. The number of benzene rings is 1. The van der Waals surface area contributed by atoms with Crippen LogP contribution in [0.5, 0.6) is 0 Å². The second kappa shape index (κ2) is 6.76. The van der Waals surface area contributed by atoms with Crippen molar-refractivity contribution in [2.24, 2.45) is 0 Å². The Morgan fingerprint density at radius 3 is 2.39 bits per heavy atom. The Bertz CT molecular complexity index is 406. The van der Waals surface area contributed by atoms with Crippen molar-refractivity contribution < 1.29 is 14.7 Å². The van der Waals surface area contributed by atoms with E-state index < -0.39 is 18.1 Å². The lowest BCUT2D eigenvalue weighted by molar-refractivity contribution is -0.142. The zero-order chi connectivity index (χ0) is 13.5. The summed E-state index contributed by atoms with van der Waals surface area (Å²) in [6.45, 7) is 1.68. The molecule has 0 saturated heterocycles. The molecule has 0 aliphatic rings. The van der Waals surface area contributed by atoms with Crippen LogP contribution in [-0.2, 0) is 16.0 Å². The van der Waals surface area contributed by atoms with Gasteiger partial charge in [-0.1, -0.05) is 30.3 Å². The first-order chi connectivity index (χ1) is 8.54. The molecule has 0 bridgehead atoms. The van der Waals surface area contributed by atoms with Crippen LogP contribution in [0.4, 0.5) is 0 Å². The lowest BCUT2D eigenvalue weighted by Gasteiger charge is -2.17. The maximum Gasteiger partial charge on any atom is 0.326 e. The number of rotatable bonds is 6. The molecule has 0 saturated carbocycles. The van der Waals surface area contributed by atoms with Gasteiger partial charge in [0.05, 0.1) is 6.04 Å². The molecule has 0 heterocycles. The Morgan fingerprint density at radius 2 is 1.89 bits per heavy atom. The van der Waals surface area contributed by atoms with Gasteiger partial charge >= 0.3 is 5.97 Å². The third-order valence-corrected chi connectivity index (χ3v) is 2.72. The predicted octanol–water partition coefficient (Wildman–Crippen LogP) is 0.406. The first kappa shape index (κ1) is 14.2. The summed E-state index contributed by atoms with van der Waals surface area (Å²) in [7, 11) is 1.65. The fourth-order valence-corrected chi connectivity index (χ4v) is 1.48. The molecule has 0 aliphatic heterocycles. The summed E-state index contributed by atoms with van der Waals surface area (Å²) in [5.74, 6) is -1.35. The Kier molecular flexibility index (Phi) is 5.32. The van der Waals surface area contributed by atoms with Crippen LogP contribution >= 0.6 is 0 Å². The summed E-state index contributed by atoms with van der Waals surface area (Å²) in [5, 5.41) is 14.4. The van der Waals surface area contributed by atoms with Crippen molar-refractivity contribution >= 4 is 11.9 Å². The highest BCUT2D eigenvalue weighted by atomic mass is 16.4. The average Bonchev–Trinajstić information content (AvgIpc) is 2.37. The number of carboxylic acid groups (broad SMARTS) is 1. The molecule has 1 aromatic carbocycles. The van der Waals surface area contributed by atoms with Crippen molar-refractivity contribution in [3.8, 4) is 0 Å². The van der Waals surface area contributed by atoms with Gasteiger partial charge in [-0.05, 0) is 19.5 Å². The van der Waals surface area contributed by atoms with Gasteiger partial charge in [0.1, 0.15) is 6.04 Å². The zero-order valence-corrected chi connectivity index (χ0v) is 10.5. The quantitative estimate of drug-likeness (QED) is 0.683. The van der Waals surface area contributed by atoms with Gasteiger partial charge in [0.2, 0.25) is 5.91 Å². The van der Waals surface area contributed by atoms with Crippen LogP contribution in [0, 0.1) is 0 Å². The van der Waals surface area contributed by atoms with Crippen LogP contribution < -0.4 is 10.6 Å². The molecule has 0 aromatic heterocycles. The van der Waals surface area contributed by atoms with Gasteiger partial charge in [-0.25, -0.2) is 4.79 Å². The maximum absolute atomic E-state index is 11.6. The minimum Gasteiger partial charge on any atom is -0.480 e. The van der Waals surface area contributed by atoms with E-state index in [2.05, 4.69) is 10.6 Å². The van der Waals surface area contributed by atoms with Gasteiger partial charge in [0.25, 0.3) is 0 Å².